The van der Waals surface area contributed by atoms with Gasteiger partial charge in [-0.05, 0) is 17.7 Å². The van der Waals surface area contributed by atoms with E-state index in [1.807, 2.05) is 0 Å². The molecule has 5 nitrogen and oxygen atoms in total. The molecule has 0 aromatic heterocycles. The van der Waals surface area contributed by atoms with Crippen molar-refractivity contribution in [3.63, 3.8) is 0 Å². The van der Waals surface area contributed by atoms with Crippen LogP contribution < -0.4 is 10.1 Å². The molecule has 2 N–H and O–H groups in total. The summed E-state index contributed by atoms with van der Waals surface area (Å²) in [5.41, 5.74) is 0.790. The van der Waals surface area contributed by atoms with Gasteiger partial charge in [-0.3, -0.25) is 4.79 Å². The van der Waals surface area contributed by atoms with Crippen LogP contribution in [0.5, 0.6) is 5.75 Å². The van der Waals surface area contributed by atoms with Crippen LogP contribution in [0.4, 0.5) is 0 Å². The fraction of sp³-hybridized carbons (Fsp3) is 0.167. The van der Waals surface area contributed by atoms with Crippen LogP contribution >= 0.6 is 11.6 Å². The van der Waals surface area contributed by atoms with Crippen LogP contribution in [0, 0.1) is 0 Å². The second-order valence-corrected chi connectivity index (χ2v) is 3.77. The topological polar surface area (TPSA) is 75.6 Å². The quantitative estimate of drug-likeness (QED) is 0.796. The lowest BCUT2D eigenvalue weighted by Gasteiger charge is -2.06. The monoisotopic (exact) mass is 269 g/mol. The molecule has 0 saturated heterocycles. The molecule has 0 radical (unpaired) electrons. The molecule has 0 aliphatic carbocycles. The largest absolute Gasteiger partial charge is 0.495 e. The highest BCUT2D eigenvalue weighted by Crippen LogP contribution is 2.24. The summed E-state index contributed by atoms with van der Waals surface area (Å²) in [4.78, 5) is 21.4. The van der Waals surface area contributed by atoms with Crippen molar-refractivity contribution in [2.45, 2.75) is 6.54 Å². The van der Waals surface area contributed by atoms with Gasteiger partial charge in [0, 0.05) is 18.7 Å². The predicted octanol–water partition coefficient (Wildman–Crippen LogP) is 1.61. The first-order valence-electron chi connectivity index (χ1n) is 5.04. The molecule has 0 unspecified atom stereocenters. The highest BCUT2D eigenvalue weighted by atomic mass is 35.5. The molecule has 0 bridgehead atoms. The minimum atomic E-state index is -1.17. The molecule has 0 aliphatic rings. The Bertz CT molecular complexity index is 485. The van der Waals surface area contributed by atoms with E-state index in [9.17, 15) is 9.59 Å². The number of rotatable bonds is 5. The van der Waals surface area contributed by atoms with Gasteiger partial charge in [0.1, 0.15) is 5.75 Å². The fourth-order valence-corrected chi connectivity index (χ4v) is 1.50. The standard InChI is InChI=1S/C12H12ClNO4/c1-18-10-3-2-8(6-9(10)13)7-14-11(15)4-5-12(16)17/h2-6H,7H2,1H3,(H,14,15)(H,16,17)/b5-4+. The second kappa shape index (κ2) is 6.66. The number of methoxy groups -OCH3 is 1. The highest BCUT2D eigenvalue weighted by molar-refractivity contribution is 6.32. The zero-order valence-corrected chi connectivity index (χ0v) is 10.4. The Kier molecular flexibility index (Phi) is 5.20. The van der Waals surface area contributed by atoms with Crippen LogP contribution in [0.3, 0.4) is 0 Å². The molecule has 1 amide bonds. The Morgan fingerprint density at radius 3 is 2.72 bits per heavy atom. The number of hydrogen-bond acceptors (Lipinski definition) is 3. The maximum atomic E-state index is 11.2. The third-order valence-electron chi connectivity index (χ3n) is 2.06. The van der Waals surface area contributed by atoms with Gasteiger partial charge in [0.25, 0.3) is 0 Å². The first-order valence-corrected chi connectivity index (χ1v) is 5.42. The van der Waals surface area contributed by atoms with Crippen LogP contribution in [-0.4, -0.2) is 24.1 Å². The minimum absolute atomic E-state index is 0.256. The van der Waals surface area contributed by atoms with Gasteiger partial charge in [0.05, 0.1) is 12.1 Å². The van der Waals surface area contributed by atoms with Crippen LogP contribution in [-0.2, 0) is 16.1 Å². The van der Waals surface area contributed by atoms with Crippen molar-refractivity contribution in [3.8, 4) is 5.75 Å². The van der Waals surface area contributed by atoms with Gasteiger partial charge in [-0.15, -0.1) is 0 Å². The zero-order valence-electron chi connectivity index (χ0n) is 9.64. The summed E-state index contributed by atoms with van der Waals surface area (Å²) in [5, 5.41) is 11.3. The van der Waals surface area contributed by atoms with Crippen molar-refractivity contribution in [2.24, 2.45) is 0 Å². The minimum Gasteiger partial charge on any atom is -0.495 e. The first-order chi connectivity index (χ1) is 8.52. The van der Waals surface area contributed by atoms with E-state index in [0.29, 0.717) is 10.8 Å². The Hall–Kier alpha value is -2.01. The van der Waals surface area contributed by atoms with E-state index >= 15 is 0 Å². The summed E-state index contributed by atoms with van der Waals surface area (Å²) in [5.74, 6) is -1.10. The van der Waals surface area contributed by atoms with Gasteiger partial charge < -0.3 is 15.2 Å². The number of halogens is 1. The third-order valence-corrected chi connectivity index (χ3v) is 2.36. The van der Waals surface area contributed by atoms with E-state index in [-0.39, 0.29) is 6.54 Å². The molecule has 1 aromatic rings. The zero-order chi connectivity index (χ0) is 13.5. The van der Waals surface area contributed by atoms with Crippen molar-refractivity contribution in [2.75, 3.05) is 7.11 Å². The van der Waals surface area contributed by atoms with Gasteiger partial charge in [0.15, 0.2) is 0 Å². The van der Waals surface area contributed by atoms with Crippen LogP contribution in [0.15, 0.2) is 30.4 Å². The average Bonchev–Trinajstić information content (AvgIpc) is 2.34. The van der Waals surface area contributed by atoms with Crippen molar-refractivity contribution >= 4 is 23.5 Å². The molecule has 96 valence electrons. The van der Waals surface area contributed by atoms with Crippen molar-refractivity contribution in [3.05, 3.63) is 40.9 Å². The number of hydrogen-bond donors (Lipinski definition) is 2. The Labute approximate surface area is 109 Å². The molecule has 6 heteroatoms. The normalized spacial score (nSPS) is 10.3. The summed E-state index contributed by atoms with van der Waals surface area (Å²) in [6.07, 6.45) is 1.73. The van der Waals surface area contributed by atoms with Gasteiger partial charge in [0.2, 0.25) is 5.91 Å². The molecule has 0 atom stereocenters. The molecule has 0 spiro atoms. The van der Waals surface area contributed by atoms with Crippen molar-refractivity contribution < 1.29 is 19.4 Å². The highest BCUT2D eigenvalue weighted by Gasteiger charge is 2.03. The first kappa shape index (κ1) is 14.1. The average molecular weight is 270 g/mol. The van der Waals surface area contributed by atoms with Crippen LogP contribution in [0.2, 0.25) is 5.02 Å². The number of nitrogens with one attached hydrogen (secondary N) is 1. The number of benzene rings is 1. The van der Waals surface area contributed by atoms with E-state index in [1.165, 1.54) is 7.11 Å². The lowest BCUT2D eigenvalue weighted by molar-refractivity contribution is -0.131. The predicted molar refractivity (Wildman–Crippen MR) is 66.6 cm³/mol. The molecule has 18 heavy (non-hydrogen) atoms. The molecule has 1 rings (SSSR count). The van der Waals surface area contributed by atoms with E-state index in [4.69, 9.17) is 21.4 Å². The number of ether oxygens (including phenoxy) is 1. The summed E-state index contributed by atoms with van der Waals surface area (Å²) >= 11 is 5.92. The summed E-state index contributed by atoms with van der Waals surface area (Å²) < 4.78 is 4.99. The van der Waals surface area contributed by atoms with Gasteiger partial charge >= 0.3 is 5.97 Å². The second-order valence-electron chi connectivity index (χ2n) is 3.36. The SMILES string of the molecule is COc1ccc(CNC(=O)/C=C/C(=O)O)cc1Cl. The fourth-order valence-electron chi connectivity index (χ4n) is 1.21. The summed E-state index contributed by atoms with van der Waals surface area (Å²) in [7, 11) is 1.51. The Balaban J connectivity index is 2.56. The number of carboxylic acid groups (broad SMARTS) is 1. The van der Waals surface area contributed by atoms with E-state index in [0.717, 1.165) is 17.7 Å². The lowest BCUT2D eigenvalue weighted by Crippen LogP contribution is -2.20. The van der Waals surface area contributed by atoms with Gasteiger partial charge in [-0.2, -0.15) is 0 Å². The summed E-state index contributed by atoms with van der Waals surface area (Å²) in [6.45, 7) is 0.256. The van der Waals surface area contributed by atoms with Crippen molar-refractivity contribution in [1.29, 1.82) is 0 Å². The van der Waals surface area contributed by atoms with Gasteiger partial charge in [-0.1, -0.05) is 17.7 Å². The third kappa shape index (κ3) is 4.47. The smallest absolute Gasteiger partial charge is 0.328 e. The number of amides is 1. The Morgan fingerprint density at radius 2 is 2.17 bits per heavy atom. The molecular formula is C12H12ClNO4. The molecule has 0 heterocycles. The number of carbonyl (C=O) groups excluding carboxylic acids is 1. The maximum Gasteiger partial charge on any atom is 0.328 e. The van der Waals surface area contributed by atoms with Crippen molar-refractivity contribution in [1.82, 2.24) is 5.32 Å². The molecule has 1 aromatic carbocycles. The van der Waals surface area contributed by atoms with Crippen LogP contribution in [0.25, 0.3) is 0 Å². The van der Waals surface area contributed by atoms with E-state index in [2.05, 4.69) is 5.32 Å². The van der Waals surface area contributed by atoms with E-state index < -0.39 is 11.9 Å². The molecule has 0 saturated carbocycles. The number of aliphatic carboxylic acids is 1. The lowest BCUT2D eigenvalue weighted by atomic mass is 10.2. The van der Waals surface area contributed by atoms with Crippen LogP contribution in [0.1, 0.15) is 5.56 Å². The Morgan fingerprint density at radius 1 is 1.44 bits per heavy atom. The van der Waals surface area contributed by atoms with Gasteiger partial charge in [-0.25, -0.2) is 4.79 Å². The molecule has 0 aliphatic heterocycles. The summed E-state index contributed by atoms with van der Waals surface area (Å²) in [6, 6.07) is 5.12. The number of carboxylic acids is 1. The molecule has 0 fully saturated rings. The maximum absolute atomic E-state index is 11.2. The van der Waals surface area contributed by atoms with E-state index in [1.54, 1.807) is 18.2 Å². The molecular weight excluding hydrogens is 258 g/mol. The number of carbonyl (C=O) groups is 2.